The maximum atomic E-state index is 12.8. The molecule has 0 fully saturated rings. The number of nitrogens with zero attached hydrogens (tertiary/aromatic N) is 2. The van der Waals surface area contributed by atoms with Crippen molar-refractivity contribution in [2.75, 3.05) is 5.32 Å². The van der Waals surface area contributed by atoms with Gasteiger partial charge in [-0.2, -0.15) is 5.26 Å². The Kier molecular flexibility index (Phi) is 6.87. The summed E-state index contributed by atoms with van der Waals surface area (Å²) in [5.74, 6) is -0.140. The standard InChI is InChI=1S/C28H23N3OS/c1-19-13-15-22(16-14-19)26-17-24(21-9-5-3-6-10-21)25(18-29)28(31-26)33-20(2)27(32)30-23-11-7-4-8-12-23/h3-17,20H,1-2H3,(H,30,32). The van der Waals surface area contributed by atoms with Crippen molar-refractivity contribution in [2.45, 2.75) is 24.1 Å². The number of nitriles is 1. The van der Waals surface area contributed by atoms with Crippen molar-refractivity contribution in [2.24, 2.45) is 0 Å². The van der Waals surface area contributed by atoms with Crippen molar-refractivity contribution in [1.29, 1.82) is 5.26 Å². The van der Waals surface area contributed by atoms with Crippen LogP contribution >= 0.6 is 11.8 Å². The van der Waals surface area contributed by atoms with Crippen LogP contribution in [0.5, 0.6) is 0 Å². The van der Waals surface area contributed by atoms with Gasteiger partial charge in [0.2, 0.25) is 5.91 Å². The molecule has 5 heteroatoms. The largest absolute Gasteiger partial charge is 0.325 e. The monoisotopic (exact) mass is 449 g/mol. The van der Waals surface area contributed by atoms with Crippen molar-refractivity contribution < 1.29 is 4.79 Å². The lowest BCUT2D eigenvalue weighted by atomic mass is 9.99. The summed E-state index contributed by atoms with van der Waals surface area (Å²) in [4.78, 5) is 17.6. The number of amides is 1. The third-order valence-corrected chi connectivity index (χ3v) is 6.32. The maximum Gasteiger partial charge on any atom is 0.237 e. The number of carbonyl (C=O) groups is 1. The van der Waals surface area contributed by atoms with Crippen LogP contribution in [0.15, 0.2) is 96.0 Å². The first-order valence-corrected chi connectivity index (χ1v) is 11.5. The molecule has 0 saturated heterocycles. The molecule has 1 amide bonds. The lowest BCUT2D eigenvalue weighted by Crippen LogP contribution is -2.22. The molecule has 0 radical (unpaired) electrons. The number of hydrogen-bond acceptors (Lipinski definition) is 4. The Morgan fingerprint density at radius 1 is 0.939 bits per heavy atom. The summed E-state index contributed by atoms with van der Waals surface area (Å²) in [5.41, 5.74) is 5.85. The predicted molar refractivity (Wildman–Crippen MR) is 135 cm³/mol. The average Bonchev–Trinajstić information content (AvgIpc) is 2.85. The van der Waals surface area contributed by atoms with Gasteiger partial charge in [-0.25, -0.2) is 4.98 Å². The van der Waals surface area contributed by atoms with Crippen molar-refractivity contribution in [3.05, 3.63) is 102 Å². The van der Waals surface area contributed by atoms with Gasteiger partial charge in [0.1, 0.15) is 11.1 Å². The summed E-state index contributed by atoms with van der Waals surface area (Å²) in [7, 11) is 0. The summed E-state index contributed by atoms with van der Waals surface area (Å²) in [6, 6.07) is 31.6. The molecule has 0 bridgehead atoms. The van der Waals surface area contributed by atoms with E-state index in [0.29, 0.717) is 10.6 Å². The van der Waals surface area contributed by atoms with Crippen LogP contribution in [0.1, 0.15) is 18.1 Å². The molecular weight excluding hydrogens is 426 g/mol. The van der Waals surface area contributed by atoms with E-state index in [2.05, 4.69) is 11.4 Å². The minimum atomic E-state index is -0.443. The molecule has 4 nitrogen and oxygen atoms in total. The number of para-hydroxylation sites is 1. The van der Waals surface area contributed by atoms with Crippen LogP contribution in [-0.2, 0) is 4.79 Å². The first-order valence-electron chi connectivity index (χ1n) is 10.7. The molecule has 4 aromatic rings. The molecule has 0 spiro atoms. The molecule has 1 atom stereocenters. The predicted octanol–water partition coefficient (Wildman–Crippen LogP) is 6.72. The van der Waals surface area contributed by atoms with Crippen molar-refractivity contribution in [3.63, 3.8) is 0 Å². The number of thioether (sulfide) groups is 1. The zero-order valence-electron chi connectivity index (χ0n) is 18.4. The van der Waals surface area contributed by atoms with Gasteiger partial charge in [0.15, 0.2) is 0 Å². The van der Waals surface area contributed by atoms with Crippen LogP contribution in [0, 0.1) is 18.3 Å². The number of benzene rings is 3. The van der Waals surface area contributed by atoms with E-state index in [4.69, 9.17) is 4.98 Å². The number of carbonyl (C=O) groups excluding carboxylic acids is 1. The molecule has 1 aromatic heterocycles. The number of hydrogen-bond donors (Lipinski definition) is 1. The van der Waals surface area contributed by atoms with Crippen LogP contribution in [0.4, 0.5) is 5.69 Å². The van der Waals surface area contributed by atoms with Gasteiger partial charge >= 0.3 is 0 Å². The SMILES string of the molecule is Cc1ccc(-c2cc(-c3ccccc3)c(C#N)c(SC(C)C(=O)Nc3ccccc3)n2)cc1. The zero-order chi connectivity index (χ0) is 23.2. The number of aromatic nitrogens is 1. The highest BCUT2D eigenvalue weighted by molar-refractivity contribution is 8.00. The van der Waals surface area contributed by atoms with Gasteiger partial charge < -0.3 is 5.32 Å². The highest BCUT2D eigenvalue weighted by Crippen LogP contribution is 2.36. The third kappa shape index (κ3) is 5.31. The quantitative estimate of drug-likeness (QED) is 0.332. The fourth-order valence-electron chi connectivity index (χ4n) is 3.42. The van der Waals surface area contributed by atoms with E-state index in [-0.39, 0.29) is 5.91 Å². The second-order valence-electron chi connectivity index (χ2n) is 7.69. The fourth-order valence-corrected chi connectivity index (χ4v) is 4.34. The second-order valence-corrected chi connectivity index (χ2v) is 9.02. The van der Waals surface area contributed by atoms with Gasteiger partial charge in [0.25, 0.3) is 0 Å². The molecule has 0 aliphatic rings. The zero-order valence-corrected chi connectivity index (χ0v) is 19.3. The van der Waals surface area contributed by atoms with Crippen molar-refractivity contribution in [1.82, 2.24) is 4.98 Å². The third-order valence-electron chi connectivity index (χ3n) is 5.23. The Morgan fingerprint density at radius 3 is 2.21 bits per heavy atom. The summed E-state index contributed by atoms with van der Waals surface area (Å²) in [5, 5.41) is 13.1. The summed E-state index contributed by atoms with van der Waals surface area (Å²) in [6.07, 6.45) is 0. The normalized spacial score (nSPS) is 11.4. The van der Waals surface area contributed by atoms with Gasteiger partial charge in [-0.3, -0.25) is 4.79 Å². The molecule has 4 rings (SSSR count). The topological polar surface area (TPSA) is 65.8 Å². The van der Waals surface area contributed by atoms with E-state index in [9.17, 15) is 10.1 Å². The van der Waals surface area contributed by atoms with Gasteiger partial charge in [0, 0.05) is 16.8 Å². The van der Waals surface area contributed by atoms with E-state index in [0.717, 1.165) is 33.6 Å². The molecule has 1 unspecified atom stereocenters. The smallest absolute Gasteiger partial charge is 0.237 e. The number of rotatable bonds is 6. The average molecular weight is 450 g/mol. The Balaban J connectivity index is 1.74. The lowest BCUT2D eigenvalue weighted by molar-refractivity contribution is -0.115. The Labute approximate surface area is 198 Å². The Hall–Kier alpha value is -3.88. The molecule has 0 aliphatic heterocycles. The number of aryl methyl sites for hydroxylation is 1. The van der Waals surface area contributed by atoms with E-state index >= 15 is 0 Å². The fraction of sp³-hybridized carbons (Fsp3) is 0.107. The van der Waals surface area contributed by atoms with Gasteiger partial charge in [0.05, 0.1) is 16.5 Å². The van der Waals surface area contributed by atoms with E-state index in [1.807, 2.05) is 105 Å². The molecule has 33 heavy (non-hydrogen) atoms. The van der Waals surface area contributed by atoms with E-state index in [1.54, 1.807) is 0 Å². The molecule has 3 aromatic carbocycles. The summed E-state index contributed by atoms with van der Waals surface area (Å²) >= 11 is 1.30. The van der Waals surface area contributed by atoms with Crippen LogP contribution in [0.3, 0.4) is 0 Å². The van der Waals surface area contributed by atoms with E-state index in [1.165, 1.54) is 11.8 Å². The molecule has 162 valence electrons. The van der Waals surface area contributed by atoms with E-state index < -0.39 is 5.25 Å². The molecule has 1 heterocycles. The highest BCUT2D eigenvalue weighted by atomic mass is 32.2. The summed E-state index contributed by atoms with van der Waals surface area (Å²) < 4.78 is 0. The molecule has 0 saturated carbocycles. The van der Waals surface area contributed by atoms with Gasteiger partial charge in [-0.15, -0.1) is 0 Å². The number of anilines is 1. The van der Waals surface area contributed by atoms with Crippen molar-refractivity contribution >= 4 is 23.4 Å². The Morgan fingerprint density at radius 2 is 1.58 bits per heavy atom. The first-order chi connectivity index (χ1) is 16.0. The molecule has 0 aliphatic carbocycles. The molecule has 1 N–H and O–H groups in total. The number of nitrogens with one attached hydrogen (secondary N) is 1. The van der Waals surface area contributed by atoms with Crippen LogP contribution < -0.4 is 5.32 Å². The minimum absolute atomic E-state index is 0.140. The lowest BCUT2D eigenvalue weighted by Gasteiger charge is -2.16. The van der Waals surface area contributed by atoms with Gasteiger partial charge in [-0.05, 0) is 37.6 Å². The van der Waals surface area contributed by atoms with Crippen LogP contribution in [0.2, 0.25) is 0 Å². The van der Waals surface area contributed by atoms with Crippen molar-refractivity contribution in [3.8, 4) is 28.5 Å². The van der Waals surface area contributed by atoms with Gasteiger partial charge in [-0.1, -0.05) is 90.1 Å². The second kappa shape index (κ2) is 10.2. The molecular formula is C28H23N3OS. The maximum absolute atomic E-state index is 12.8. The van der Waals surface area contributed by atoms with Crippen LogP contribution in [-0.4, -0.2) is 16.1 Å². The first kappa shape index (κ1) is 22.3. The highest BCUT2D eigenvalue weighted by Gasteiger charge is 2.21. The number of pyridine rings is 1. The minimum Gasteiger partial charge on any atom is -0.325 e. The van der Waals surface area contributed by atoms with Crippen LogP contribution in [0.25, 0.3) is 22.4 Å². The summed E-state index contributed by atoms with van der Waals surface area (Å²) in [6.45, 7) is 3.87. The Bertz CT molecular complexity index is 1300.